The van der Waals surface area contributed by atoms with Crippen LogP contribution >= 0.6 is 12.2 Å². The summed E-state index contributed by atoms with van der Waals surface area (Å²) in [6.07, 6.45) is -0.128. The van der Waals surface area contributed by atoms with E-state index in [2.05, 4.69) is 9.64 Å². The number of rotatable bonds is 6. The third kappa shape index (κ3) is 4.60. The van der Waals surface area contributed by atoms with E-state index in [-0.39, 0.29) is 12.2 Å². The summed E-state index contributed by atoms with van der Waals surface area (Å²) in [6, 6.07) is 0. The lowest BCUT2D eigenvalue weighted by atomic mass is 10.0. The first-order chi connectivity index (χ1) is 9.61. The summed E-state index contributed by atoms with van der Waals surface area (Å²) in [4.78, 5) is 13.5. The van der Waals surface area contributed by atoms with E-state index < -0.39 is 21.5 Å². The van der Waals surface area contributed by atoms with Crippen molar-refractivity contribution in [1.29, 1.82) is 0 Å². The van der Waals surface area contributed by atoms with Gasteiger partial charge in [-0.1, -0.05) is 12.2 Å². The van der Waals surface area contributed by atoms with Crippen LogP contribution in [0.25, 0.3) is 0 Å². The van der Waals surface area contributed by atoms with E-state index in [0.717, 1.165) is 0 Å². The smallest absolute Gasteiger partial charge is 0.306 e. The third-order valence-corrected chi connectivity index (χ3v) is 6.19. The van der Waals surface area contributed by atoms with E-state index in [1.807, 2.05) is 13.8 Å². The highest BCUT2D eigenvalue weighted by Gasteiger charge is 2.35. The van der Waals surface area contributed by atoms with Gasteiger partial charge < -0.3 is 10.5 Å². The van der Waals surface area contributed by atoms with E-state index >= 15 is 0 Å². The van der Waals surface area contributed by atoms with Crippen LogP contribution in [0.4, 0.5) is 0 Å². The van der Waals surface area contributed by atoms with Crippen LogP contribution in [0.2, 0.25) is 0 Å². The van der Waals surface area contributed by atoms with Gasteiger partial charge in [-0.25, -0.2) is 8.42 Å². The third-order valence-electron chi connectivity index (χ3n) is 3.82. The maximum atomic E-state index is 12.1. The molecule has 0 amide bonds. The highest BCUT2D eigenvalue weighted by atomic mass is 32.2. The van der Waals surface area contributed by atoms with Crippen molar-refractivity contribution in [2.45, 2.75) is 25.8 Å². The average molecular weight is 337 g/mol. The SMILES string of the molecule is COC(=O)CCS(=O)(=O)N1CCN(C(C)(C)C(N)=S)CC1. The normalized spacial score (nSPS) is 18.4. The molecule has 0 bridgehead atoms. The molecule has 21 heavy (non-hydrogen) atoms. The second-order valence-electron chi connectivity index (χ2n) is 5.45. The molecule has 2 N–H and O–H groups in total. The van der Waals surface area contributed by atoms with E-state index in [1.165, 1.54) is 11.4 Å². The lowest BCUT2D eigenvalue weighted by Crippen LogP contribution is -2.60. The number of thiocarbonyl (C=S) groups is 1. The first-order valence-electron chi connectivity index (χ1n) is 6.71. The number of methoxy groups -OCH3 is 1. The lowest BCUT2D eigenvalue weighted by molar-refractivity contribution is -0.140. The maximum absolute atomic E-state index is 12.1. The van der Waals surface area contributed by atoms with Gasteiger partial charge in [0.2, 0.25) is 10.0 Å². The highest BCUT2D eigenvalue weighted by molar-refractivity contribution is 7.89. The Morgan fingerprint density at radius 1 is 1.29 bits per heavy atom. The van der Waals surface area contributed by atoms with Crippen LogP contribution in [0, 0.1) is 0 Å². The predicted octanol–water partition coefficient (Wildman–Crippen LogP) is -0.438. The number of hydrogen-bond donors (Lipinski definition) is 1. The summed E-state index contributed by atoms with van der Waals surface area (Å²) >= 11 is 5.05. The number of sulfonamides is 1. The number of piperazine rings is 1. The van der Waals surface area contributed by atoms with Crippen LogP contribution < -0.4 is 5.73 Å². The molecule has 1 heterocycles. The van der Waals surface area contributed by atoms with Crippen molar-refractivity contribution in [2.24, 2.45) is 5.73 Å². The van der Waals surface area contributed by atoms with Crippen molar-refractivity contribution in [3.05, 3.63) is 0 Å². The molecule has 9 heteroatoms. The van der Waals surface area contributed by atoms with Crippen molar-refractivity contribution in [3.8, 4) is 0 Å². The van der Waals surface area contributed by atoms with Gasteiger partial charge in [0.1, 0.15) is 0 Å². The molecule has 0 atom stereocenters. The Labute approximate surface area is 131 Å². The maximum Gasteiger partial charge on any atom is 0.306 e. The van der Waals surface area contributed by atoms with Crippen molar-refractivity contribution < 1.29 is 17.9 Å². The molecule has 0 aromatic carbocycles. The fourth-order valence-electron chi connectivity index (χ4n) is 2.12. The van der Waals surface area contributed by atoms with Gasteiger partial charge in [-0.05, 0) is 13.8 Å². The average Bonchev–Trinajstić information content (AvgIpc) is 2.44. The fraction of sp³-hybridized carbons (Fsp3) is 0.833. The Morgan fingerprint density at radius 2 is 1.81 bits per heavy atom. The molecule has 1 fully saturated rings. The minimum atomic E-state index is -3.44. The quantitative estimate of drug-likeness (QED) is 0.519. The van der Waals surface area contributed by atoms with Crippen LogP contribution in [0.15, 0.2) is 0 Å². The Morgan fingerprint density at radius 3 is 2.24 bits per heavy atom. The number of carbonyl (C=O) groups is 1. The minimum Gasteiger partial charge on any atom is -0.469 e. The van der Waals surface area contributed by atoms with Crippen LogP contribution in [-0.4, -0.2) is 73.2 Å². The molecule has 0 aromatic heterocycles. The van der Waals surface area contributed by atoms with E-state index in [9.17, 15) is 13.2 Å². The van der Waals surface area contributed by atoms with Crippen LogP contribution in [-0.2, 0) is 19.6 Å². The first-order valence-corrected chi connectivity index (χ1v) is 8.72. The molecule has 122 valence electrons. The van der Waals surface area contributed by atoms with Crippen molar-refractivity contribution >= 4 is 33.2 Å². The van der Waals surface area contributed by atoms with Gasteiger partial charge >= 0.3 is 5.97 Å². The zero-order valence-corrected chi connectivity index (χ0v) is 14.3. The Hall–Kier alpha value is -0.770. The molecule has 1 aliphatic heterocycles. The van der Waals surface area contributed by atoms with Crippen molar-refractivity contribution in [3.63, 3.8) is 0 Å². The number of nitrogens with zero attached hydrogens (tertiary/aromatic N) is 2. The van der Waals surface area contributed by atoms with Crippen LogP contribution in [0.3, 0.4) is 0 Å². The van der Waals surface area contributed by atoms with Crippen LogP contribution in [0.1, 0.15) is 20.3 Å². The molecule has 0 aromatic rings. The zero-order chi connectivity index (χ0) is 16.3. The number of esters is 1. The fourth-order valence-corrected chi connectivity index (χ4v) is 3.66. The van der Waals surface area contributed by atoms with Gasteiger partial charge in [-0.2, -0.15) is 4.31 Å². The van der Waals surface area contributed by atoms with Gasteiger partial charge in [0.15, 0.2) is 0 Å². The van der Waals surface area contributed by atoms with Gasteiger partial charge in [0, 0.05) is 26.2 Å². The predicted molar refractivity (Wildman–Crippen MR) is 84.4 cm³/mol. The Bertz CT molecular complexity index is 497. The second kappa shape index (κ2) is 6.99. The molecule has 1 rings (SSSR count). The second-order valence-corrected chi connectivity index (χ2v) is 7.98. The molecule has 0 aliphatic carbocycles. The van der Waals surface area contributed by atoms with Gasteiger partial charge in [0.05, 0.1) is 29.8 Å². The van der Waals surface area contributed by atoms with Gasteiger partial charge in [-0.3, -0.25) is 9.69 Å². The minimum absolute atomic E-state index is 0.128. The molecular formula is C12H23N3O4S2. The molecule has 0 unspecified atom stereocenters. The summed E-state index contributed by atoms with van der Waals surface area (Å²) in [5, 5.41) is 0. The Balaban J connectivity index is 2.60. The lowest BCUT2D eigenvalue weighted by Gasteiger charge is -2.42. The topological polar surface area (TPSA) is 92.9 Å². The van der Waals surface area contributed by atoms with Crippen molar-refractivity contribution in [1.82, 2.24) is 9.21 Å². The molecule has 1 aliphatic rings. The molecule has 7 nitrogen and oxygen atoms in total. The monoisotopic (exact) mass is 337 g/mol. The highest BCUT2D eigenvalue weighted by Crippen LogP contribution is 2.19. The van der Waals surface area contributed by atoms with Crippen molar-refractivity contribution in [2.75, 3.05) is 39.0 Å². The number of carbonyl (C=O) groups excluding carboxylic acids is 1. The van der Waals surface area contributed by atoms with E-state index in [0.29, 0.717) is 31.2 Å². The molecule has 0 radical (unpaired) electrons. The summed E-state index contributed by atoms with van der Waals surface area (Å²) in [6.45, 7) is 5.71. The summed E-state index contributed by atoms with van der Waals surface area (Å²) in [7, 11) is -2.19. The van der Waals surface area contributed by atoms with Gasteiger partial charge in [0.25, 0.3) is 0 Å². The molecule has 0 saturated carbocycles. The van der Waals surface area contributed by atoms with E-state index in [4.69, 9.17) is 18.0 Å². The number of nitrogens with two attached hydrogens (primary N) is 1. The van der Waals surface area contributed by atoms with Gasteiger partial charge in [-0.15, -0.1) is 0 Å². The summed E-state index contributed by atoms with van der Waals surface area (Å²) < 4.78 is 30.2. The molecule has 0 spiro atoms. The molecule has 1 saturated heterocycles. The summed E-state index contributed by atoms with van der Waals surface area (Å²) in [5.41, 5.74) is 5.29. The zero-order valence-electron chi connectivity index (χ0n) is 12.7. The first kappa shape index (κ1) is 18.3. The molecular weight excluding hydrogens is 314 g/mol. The number of ether oxygens (including phenoxy) is 1. The van der Waals surface area contributed by atoms with Crippen LogP contribution in [0.5, 0.6) is 0 Å². The largest absolute Gasteiger partial charge is 0.469 e. The number of hydrogen-bond acceptors (Lipinski definition) is 6. The Kier molecular flexibility index (Phi) is 6.09. The van der Waals surface area contributed by atoms with E-state index in [1.54, 1.807) is 0 Å². The standard InChI is InChI=1S/C12H23N3O4S2/c1-12(2,11(13)20)14-5-7-15(8-6-14)21(17,18)9-4-10(16)19-3/h4-9H2,1-3H3,(H2,13,20). The summed E-state index contributed by atoms with van der Waals surface area (Å²) in [5.74, 6) is -0.745.